The molecule has 0 bridgehead atoms. The molecule has 304 valence electrons. The van der Waals surface area contributed by atoms with E-state index in [0.29, 0.717) is 32.1 Å². The van der Waals surface area contributed by atoms with E-state index < -0.39 is 44.7 Å². The van der Waals surface area contributed by atoms with Crippen molar-refractivity contribution in [1.82, 2.24) is 0 Å². The topological polar surface area (TPSA) is 160 Å². The number of carbonyl (C=O) groups excluding carboxylic acids is 2. The lowest BCUT2D eigenvalue weighted by Gasteiger charge is -2.18. The van der Waals surface area contributed by atoms with Crippen LogP contribution in [0.2, 0.25) is 0 Å². The standard InChI is InChI=1S/C42H71O10P/c1-4-5-21-29-38(43)31-24-19-20-25-32-39(44)30-23-16-13-14-18-27-34-42(46)52-40(36-51-53(47,48)49)35-50-41(45)33-26-17-12-10-8-6-7-9-11-15-22-28-37(2)3/h5,14,16,18-21,23-25,31-32,37-40,43-44H,4,6-13,15,17,22,26-30,33-36H2,1-3H3,(H2,47,48,49)/b18-14-,20-19-,21-5-,23-16-,31-24+,32-25+/t38-,39+,40+/m0/s1. The summed E-state index contributed by atoms with van der Waals surface area (Å²) in [7, 11) is -4.80. The fraction of sp³-hybridized carbons (Fsp3) is 0.667. The Hall–Kier alpha value is -2.59. The average molecular weight is 767 g/mol. The van der Waals surface area contributed by atoms with Gasteiger partial charge in [0.1, 0.15) is 6.61 Å². The van der Waals surface area contributed by atoms with Gasteiger partial charge in [-0.05, 0) is 44.4 Å². The van der Waals surface area contributed by atoms with E-state index in [1.54, 1.807) is 36.5 Å². The highest BCUT2D eigenvalue weighted by Crippen LogP contribution is 2.36. The lowest BCUT2D eigenvalue weighted by atomic mass is 10.0. The molecule has 0 aromatic heterocycles. The summed E-state index contributed by atoms with van der Waals surface area (Å²) in [6.07, 6.45) is 37.1. The zero-order valence-corrected chi connectivity index (χ0v) is 33.7. The normalized spacial score (nSPS) is 14.6. The Morgan fingerprint density at radius 3 is 1.72 bits per heavy atom. The summed E-state index contributed by atoms with van der Waals surface area (Å²) in [4.78, 5) is 42.7. The second-order valence-corrected chi connectivity index (χ2v) is 15.0. The number of rotatable bonds is 34. The van der Waals surface area contributed by atoms with Gasteiger partial charge in [0.05, 0.1) is 18.8 Å². The van der Waals surface area contributed by atoms with E-state index in [1.165, 1.54) is 51.4 Å². The second kappa shape index (κ2) is 35.1. The molecule has 0 fully saturated rings. The minimum Gasteiger partial charge on any atom is -0.462 e. The van der Waals surface area contributed by atoms with Gasteiger partial charge in [0.25, 0.3) is 0 Å². The van der Waals surface area contributed by atoms with Gasteiger partial charge >= 0.3 is 19.8 Å². The molecular weight excluding hydrogens is 695 g/mol. The van der Waals surface area contributed by atoms with E-state index in [1.807, 2.05) is 43.4 Å². The Balaban J connectivity index is 4.23. The molecule has 0 aliphatic heterocycles. The highest BCUT2D eigenvalue weighted by atomic mass is 31.2. The Kier molecular flexibility index (Phi) is 33.4. The molecule has 3 atom stereocenters. The zero-order chi connectivity index (χ0) is 39.4. The number of unbranched alkanes of at least 4 members (excludes halogenated alkanes) is 10. The molecule has 0 heterocycles. The van der Waals surface area contributed by atoms with Crippen LogP contribution in [0, 0.1) is 5.92 Å². The number of aliphatic hydroxyl groups is 2. The van der Waals surface area contributed by atoms with E-state index in [4.69, 9.17) is 19.3 Å². The number of phosphoric ester groups is 1. The summed E-state index contributed by atoms with van der Waals surface area (Å²) in [6, 6.07) is 0. The predicted octanol–water partition coefficient (Wildman–Crippen LogP) is 9.70. The summed E-state index contributed by atoms with van der Waals surface area (Å²) in [5, 5.41) is 19.9. The van der Waals surface area contributed by atoms with E-state index in [-0.39, 0.29) is 19.4 Å². The fourth-order valence-electron chi connectivity index (χ4n) is 5.11. The van der Waals surface area contributed by atoms with Gasteiger partial charge in [0.15, 0.2) is 6.10 Å². The van der Waals surface area contributed by atoms with Gasteiger partial charge in [-0.25, -0.2) is 4.57 Å². The van der Waals surface area contributed by atoms with Gasteiger partial charge in [-0.1, -0.05) is 164 Å². The Morgan fingerprint density at radius 1 is 0.642 bits per heavy atom. The first-order chi connectivity index (χ1) is 25.4. The Labute approximate surface area is 320 Å². The van der Waals surface area contributed by atoms with Crippen LogP contribution in [0.15, 0.2) is 72.9 Å². The number of ether oxygens (including phenoxy) is 2. The van der Waals surface area contributed by atoms with Crippen LogP contribution in [-0.2, 0) is 28.2 Å². The van der Waals surface area contributed by atoms with Crippen molar-refractivity contribution in [3.8, 4) is 0 Å². The van der Waals surface area contributed by atoms with Crippen LogP contribution in [0.4, 0.5) is 0 Å². The van der Waals surface area contributed by atoms with Crippen molar-refractivity contribution in [2.45, 2.75) is 161 Å². The zero-order valence-electron chi connectivity index (χ0n) is 32.8. The van der Waals surface area contributed by atoms with Crippen LogP contribution in [0.25, 0.3) is 0 Å². The maximum Gasteiger partial charge on any atom is 0.469 e. The highest BCUT2D eigenvalue weighted by molar-refractivity contribution is 7.46. The monoisotopic (exact) mass is 766 g/mol. The number of allylic oxidation sites excluding steroid dienone is 8. The van der Waals surface area contributed by atoms with Gasteiger partial charge in [-0.3, -0.25) is 14.1 Å². The van der Waals surface area contributed by atoms with Crippen molar-refractivity contribution in [2.75, 3.05) is 13.2 Å². The molecular formula is C42H71O10P. The van der Waals surface area contributed by atoms with Gasteiger partial charge in [-0.15, -0.1) is 0 Å². The second-order valence-electron chi connectivity index (χ2n) is 13.8. The summed E-state index contributed by atoms with van der Waals surface area (Å²) < 4.78 is 26.2. The third-order valence-corrected chi connectivity index (χ3v) is 8.58. The van der Waals surface area contributed by atoms with Crippen LogP contribution in [0.5, 0.6) is 0 Å². The lowest BCUT2D eigenvalue weighted by Crippen LogP contribution is -2.29. The third kappa shape index (κ3) is 38.9. The number of aliphatic hydroxyl groups excluding tert-OH is 2. The predicted molar refractivity (Wildman–Crippen MR) is 214 cm³/mol. The van der Waals surface area contributed by atoms with Crippen LogP contribution in [0.1, 0.15) is 143 Å². The van der Waals surface area contributed by atoms with E-state index in [2.05, 4.69) is 18.4 Å². The van der Waals surface area contributed by atoms with Crippen molar-refractivity contribution < 1.29 is 48.2 Å². The molecule has 10 nitrogen and oxygen atoms in total. The Bertz CT molecular complexity index is 1130. The van der Waals surface area contributed by atoms with Crippen LogP contribution < -0.4 is 0 Å². The molecule has 0 aliphatic rings. The van der Waals surface area contributed by atoms with E-state index in [0.717, 1.165) is 31.6 Å². The van der Waals surface area contributed by atoms with E-state index in [9.17, 15) is 24.4 Å². The number of hydrogen-bond donors (Lipinski definition) is 4. The first-order valence-electron chi connectivity index (χ1n) is 19.8. The molecule has 0 rings (SSSR count). The van der Waals surface area contributed by atoms with Gasteiger partial charge in [-0.2, -0.15) is 0 Å². The number of esters is 2. The summed E-state index contributed by atoms with van der Waals surface area (Å²) in [5.74, 6) is -0.260. The molecule has 0 saturated heterocycles. The summed E-state index contributed by atoms with van der Waals surface area (Å²) in [5.41, 5.74) is 0. The Morgan fingerprint density at radius 2 is 1.17 bits per heavy atom. The molecule has 4 N–H and O–H groups in total. The summed E-state index contributed by atoms with van der Waals surface area (Å²) in [6.45, 7) is 5.65. The SMILES string of the molecule is CC/C=C\C[C@H](O)/C=C/C=C\C=C\[C@H](O)C/C=C\C/C=C\CCC(=O)O[C@H](COC(=O)CCCCCCCCCCCCCC(C)C)COP(=O)(O)O. The van der Waals surface area contributed by atoms with Crippen molar-refractivity contribution in [2.24, 2.45) is 5.92 Å². The van der Waals surface area contributed by atoms with Crippen LogP contribution in [-0.4, -0.2) is 63.5 Å². The van der Waals surface area contributed by atoms with Crippen molar-refractivity contribution in [1.29, 1.82) is 0 Å². The smallest absolute Gasteiger partial charge is 0.462 e. The first-order valence-corrected chi connectivity index (χ1v) is 21.3. The fourth-order valence-corrected chi connectivity index (χ4v) is 5.47. The van der Waals surface area contributed by atoms with Crippen molar-refractivity contribution >= 4 is 19.8 Å². The van der Waals surface area contributed by atoms with Crippen LogP contribution >= 0.6 is 7.82 Å². The summed E-state index contributed by atoms with van der Waals surface area (Å²) >= 11 is 0. The molecule has 0 radical (unpaired) electrons. The largest absolute Gasteiger partial charge is 0.469 e. The van der Waals surface area contributed by atoms with Crippen molar-refractivity contribution in [3.63, 3.8) is 0 Å². The maximum absolute atomic E-state index is 12.4. The first kappa shape index (κ1) is 50.4. The lowest BCUT2D eigenvalue weighted by molar-refractivity contribution is -0.161. The number of phosphoric acid groups is 1. The van der Waals surface area contributed by atoms with Gasteiger partial charge in [0.2, 0.25) is 0 Å². The highest BCUT2D eigenvalue weighted by Gasteiger charge is 2.22. The average Bonchev–Trinajstić information content (AvgIpc) is 3.10. The van der Waals surface area contributed by atoms with E-state index >= 15 is 0 Å². The van der Waals surface area contributed by atoms with Gasteiger partial charge < -0.3 is 29.5 Å². The molecule has 11 heteroatoms. The quantitative estimate of drug-likeness (QED) is 0.0163. The molecule has 0 unspecified atom stereocenters. The van der Waals surface area contributed by atoms with Crippen LogP contribution in [0.3, 0.4) is 0 Å². The number of carbonyl (C=O) groups is 2. The number of hydrogen-bond acceptors (Lipinski definition) is 8. The minimum absolute atomic E-state index is 0.0277. The van der Waals surface area contributed by atoms with Gasteiger partial charge in [0, 0.05) is 12.8 Å². The molecule has 0 saturated carbocycles. The minimum atomic E-state index is -4.80. The third-order valence-electron chi connectivity index (χ3n) is 8.10. The van der Waals surface area contributed by atoms with Crippen molar-refractivity contribution in [3.05, 3.63) is 72.9 Å². The molecule has 0 spiro atoms. The molecule has 0 aromatic rings. The maximum atomic E-state index is 12.4. The molecule has 0 aliphatic carbocycles. The molecule has 0 amide bonds. The molecule has 53 heavy (non-hydrogen) atoms. The molecule has 0 aromatic carbocycles.